The molecular weight excluding hydrogens is 192 g/mol. The number of aldehydes is 1. The van der Waals surface area contributed by atoms with Crippen molar-refractivity contribution in [2.75, 3.05) is 0 Å². The van der Waals surface area contributed by atoms with Gasteiger partial charge in [0.1, 0.15) is 0 Å². The van der Waals surface area contributed by atoms with Crippen LogP contribution in [0.15, 0.2) is 35.2 Å². The predicted octanol–water partition coefficient (Wildman–Crippen LogP) is 3.25. The van der Waals surface area contributed by atoms with Gasteiger partial charge in [0.2, 0.25) is 0 Å². The van der Waals surface area contributed by atoms with Gasteiger partial charge in [-0.1, -0.05) is 12.1 Å². The number of carbonyl (C=O) groups excluding carboxylic acids is 1. The highest BCUT2D eigenvalue weighted by Gasteiger charge is 2.01. The van der Waals surface area contributed by atoms with Gasteiger partial charge >= 0.3 is 0 Å². The summed E-state index contributed by atoms with van der Waals surface area (Å²) in [4.78, 5) is 11.7. The minimum absolute atomic E-state index is 0.732. The molecule has 0 amide bonds. The summed E-state index contributed by atoms with van der Waals surface area (Å²) in [6.07, 6.45) is 0.891. The fourth-order valence-corrected chi connectivity index (χ4v) is 1.83. The maximum Gasteiger partial charge on any atom is 0.150 e. The van der Waals surface area contributed by atoms with Crippen LogP contribution in [0, 0.1) is 6.92 Å². The lowest BCUT2D eigenvalue weighted by atomic mass is 10.0. The summed E-state index contributed by atoms with van der Waals surface area (Å²) in [6.45, 7) is 1.99. The number of benzene rings is 2. The van der Waals surface area contributed by atoms with E-state index in [2.05, 4.69) is 18.7 Å². The van der Waals surface area contributed by atoms with Gasteiger partial charge in [-0.2, -0.15) is 0 Å². The summed E-state index contributed by atoms with van der Waals surface area (Å²) in [5.41, 5.74) is 1.84. The van der Waals surface area contributed by atoms with E-state index >= 15 is 0 Å². The highest BCUT2D eigenvalue weighted by atomic mass is 32.1. The van der Waals surface area contributed by atoms with Crippen molar-refractivity contribution in [2.45, 2.75) is 11.8 Å². The summed E-state index contributed by atoms with van der Waals surface area (Å²) >= 11 is 4.26. The molecule has 0 radical (unpaired) electrons. The molecule has 14 heavy (non-hydrogen) atoms. The van der Waals surface area contributed by atoms with Crippen LogP contribution in [-0.4, -0.2) is 6.29 Å². The van der Waals surface area contributed by atoms with E-state index in [9.17, 15) is 4.79 Å². The van der Waals surface area contributed by atoms with E-state index in [0.717, 1.165) is 33.1 Å². The molecule has 70 valence electrons. The van der Waals surface area contributed by atoms with Gasteiger partial charge in [-0.3, -0.25) is 4.79 Å². The van der Waals surface area contributed by atoms with E-state index in [0.29, 0.717) is 0 Å². The Balaban J connectivity index is 2.88. The first kappa shape index (κ1) is 9.28. The second-order valence-electron chi connectivity index (χ2n) is 3.38. The average Bonchev–Trinajstić information content (AvgIpc) is 2.17. The summed E-state index contributed by atoms with van der Waals surface area (Å²) in [6, 6.07) is 9.79. The molecule has 1 nitrogen and oxygen atoms in total. The van der Waals surface area contributed by atoms with Gasteiger partial charge < -0.3 is 0 Å². The van der Waals surface area contributed by atoms with Crippen LogP contribution < -0.4 is 0 Å². The first-order chi connectivity index (χ1) is 6.70. The predicted molar refractivity (Wildman–Crippen MR) is 61.3 cm³/mol. The van der Waals surface area contributed by atoms with Crippen molar-refractivity contribution in [3.8, 4) is 0 Å². The lowest BCUT2D eigenvalue weighted by Gasteiger charge is -2.03. The molecule has 2 aromatic carbocycles. The SMILES string of the molecule is Cc1cc(C=O)c2cc(S)ccc2c1. The van der Waals surface area contributed by atoms with Crippen LogP contribution in [0.25, 0.3) is 10.8 Å². The van der Waals surface area contributed by atoms with Gasteiger partial charge in [0.25, 0.3) is 0 Å². The van der Waals surface area contributed by atoms with Crippen molar-refractivity contribution in [1.82, 2.24) is 0 Å². The Hall–Kier alpha value is -1.28. The first-order valence-electron chi connectivity index (χ1n) is 4.39. The molecule has 2 heteroatoms. The van der Waals surface area contributed by atoms with Crippen molar-refractivity contribution in [3.63, 3.8) is 0 Å². The minimum atomic E-state index is 0.732. The second kappa shape index (κ2) is 3.46. The molecular formula is C12H10OS. The number of rotatable bonds is 1. The van der Waals surface area contributed by atoms with Crippen LogP contribution in [0.5, 0.6) is 0 Å². The molecule has 0 atom stereocenters. The highest BCUT2D eigenvalue weighted by molar-refractivity contribution is 7.80. The second-order valence-corrected chi connectivity index (χ2v) is 3.89. The van der Waals surface area contributed by atoms with Crippen LogP contribution in [0.4, 0.5) is 0 Å². The average molecular weight is 202 g/mol. The number of carbonyl (C=O) groups is 1. The molecule has 0 aliphatic carbocycles. The molecule has 0 aliphatic heterocycles. The van der Waals surface area contributed by atoms with Crippen molar-refractivity contribution < 1.29 is 4.79 Å². The lowest BCUT2D eigenvalue weighted by molar-refractivity contribution is 0.112. The van der Waals surface area contributed by atoms with E-state index < -0.39 is 0 Å². The van der Waals surface area contributed by atoms with E-state index in [1.165, 1.54) is 0 Å². The largest absolute Gasteiger partial charge is 0.298 e. The number of thiol groups is 1. The zero-order chi connectivity index (χ0) is 10.1. The number of hydrogen-bond donors (Lipinski definition) is 1. The first-order valence-corrected chi connectivity index (χ1v) is 4.84. The fraction of sp³-hybridized carbons (Fsp3) is 0.0833. The Bertz CT molecular complexity index is 503. The summed E-state index contributed by atoms with van der Waals surface area (Å²) < 4.78 is 0. The fourth-order valence-electron chi connectivity index (χ4n) is 1.63. The molecule has 2 aromatic rings. The van der Waals surface area contributed by atoms with Crippen LogP contribution >= 0.6 is 12.6 Å². The van der Waals surface area contributed by atoms with Crippen molar-refractivity contribution in [2.24, 2.45) is 0 Å². The van der Waals surface area contributed by atoms with E-state index in [4.69, 9.17) is 0 Å². The number of aryl methyl sites for hydroxylation is 1. The molecule has 0 aromatic heterocycles. The third kappa shape index (κ3) is 1.53. The summed E-state index contributed by atoms with van der Waals surface area (Å²) in [5.74, 6) is 0. The Morgan fingerprint density at radius 2 is 2.00 bits per heavy atom. The molecule has 0 saturated carbocycles. The molecule has 0 N–H and O–H groups in total. The Morgan fingerprint density at radius 3 is 2.71 bits per heavy atom. The van der Waals surface area contributed by atoms with Gasteiger partial charge in [-0.25, -0.2) is 0 Å². The topological polar surface area (TPSA) is 17.1 Å². The Labute approximate surface area is 88.2 Å². The highest BCUT2D eigenvalue weighted by Crippen LogP contribution is 2.22. The van der Waals surface area contributed by atoms with Crippen LogP contribution in [0.3, 0.4) is 0 Å². The maximum absolute atomic E-state index is 10.9. The lowest BCUT2D eigenvalue weighted by Crippen LogP contribution is -1.85. The quantitative estimate of drug-likeness (QED) is 0.555. The normalized spacial score (nSPS) is 10.4. The van der Waals surface area contributed by atoms with Gasteiger partial charge in [0, 0.05) is 10.5 Å². The molecule has 2 rings (SSSR count). The third-order valence-corrected chi connectivity index (χ3v) is 2.52. The molecule has 0 saturated heterocycles. The third-order valence-electron chi connectivity index (χ3n) is 2.24. The minimum Gasteiger partial charge on any atom is -0.298 e. The van der Waals surface area contributed by atoms with Gasteiger partial charge in [0.05, 0.1) is 0 Å². The van der Waals surface area contributed by atoms with Crippen LogP contribution in [-0.2, 0) is 0 Å². The maximum atomic E-state index is 10.9. The zero-order valence-corrected chi connectivity index (χ0v) is 8.71. The van der Waals surface area contributed by atoms with E-state index in [1.54, 1.807) is 0 Å². The molecule has 0 heterocycles. The zero-order valence-electron chi connectivity index (χ0n) is 7.82. The smallest absolute Gasteiger partial charge is 0.150 e. The summed E-state index contributed by atoms with van der Waals surface area (Å²) in [5, 5.41) is 2.06. The number of hydrogen-bond acceptors (Lipinski definition) is 2. The standard InChI is InChI=1S/C12H10OS/c1-8-4-9-2-3-11(14)6-12(9)10(5-8)7-13/h2-7,14H,1H3. The van der Waals surface area contributed by atoms with E-state index in [1.807, 2.05) is 31.2 Å². The van der Waals surface area contributed by atoms with Crippen molar-refractivity contribution in [1.29, 1.82) is 0 Å². The molecule has 0 unspecified atom stereocenters. The molecule has 0 bridgehead atoms. The Kier molecular flexibility index (Phi) is 2.30. The van der Waals surface area contributed by atoms with Gasteiger partial charge in [-0.05, 0) is 41.5 Å². The van der Waals surface area contributed by atoms with Gasteiger partial charge in [-0.15, -0.1) is 12.6 Å². The van der Waals surface area contributed by atoms with Crippen LogP contribution in [0.2, 0.25) is 0 Å². The molecule has 0 fully saturated rings. The molecule has 0 aliphatic rings. The van der Waals surface area contributed by atoms with Gasteiger partial charge in [0.15, 0.2) is 6.29 Å². The molecule has 0 spiro atoms. The van der Waals surface area contributed by atoms with Crippen molar-refractivity contribution in [3.05, 3.63) is 41.5 Å². The monoisotopic (exact) mass is 202 g/mol. The van der Waals surface area contributed by atoms with Crippen LogP contribution in [0.1, 0.15) is 15.9 Å². The Morgan fingerprint density at radius 1 is 1.21 bits per heavy atom. The van der Waals surface area contributed by atoms with Crippen molar-refractivity contribution >= 4 is 29.7 Å². The van der Waals surface area contributed by atoms with E-state index in [-0.39, 0.29) is 0 Å². The summed E-state index contributed by atoms with van der Waals surface area (Å²) in [7, 11) is 0. The number of fused-ring (bicyclic) bond motifs is 1.